The summed E-state index contributed by atoms with van der Waals surface area (Å²) in [7, 11) is 0. The molecule has 0 spiro atoms. The third-order valence-corrected chi connectivity index (χ3v) is 2.22. The lowest BCUT2D eigenvalue weighted by atomic mass is 10.1. The molecule has 4 heteroatoms. The van der Waals surface area contributed by atoms with Crippen LogP contribution in [0.2, 0.25) is 0 Å². The molecule has 2 aromatic rings. The first-order valence-corrected chi connectivity index (χ1v) is 5.23. The van der Waals surface area contributed by atoms with E-state index in [-0.39, 0.29) is 0 Å². The molecule has 0 atom stereocenters. The highest BCUT2D eigenvalue weighted by Crippen LogP contribution is 2.30. The Morgan fingerprint density at radius 2 is 2.19 bits per heavy atom. The van der Waals surface area contributed by atoms with Gasteiger partial charge < -0.3 is 15.0 Å². The van der Waals surface area contributed by atoms with E-state index in [1.807, 2.05) is 37.3 Å². The molecule has 0 aliphatic rings. The average molecular weight is 218 g/mol. The molecule has 1 aromatic heterocycles. The van der Waals surface area contributed by atoms with Gasteiger partial charge in [0.15, 0.2) is 5.76 Å². The van der Waals surface area contributed by atoms with E-state index in [4.69, 9.17) is 15.0 Å². The highest BCUT2D eigenvalue weighted by atomic mass is 16.5. The average Bonchev–Trinajstić information content (AvgIpc) is 2.79. The summed E-state index contributed by atoms with van der Waals surface area (Å²) in [5.41, 5.74) is 7.12. The second-order valence-electron chi connectivity index (χ2n) is 3.32. The maximum Gasteiger partial charge on any atom is 0.170 e. The molecule has 0 radical (unpaired) electrons. The minimum absolute atomic E-state index is 0.375. The second kappa shape index (κ2) is 4.81. The van der Waals surface area contributed by atoms with Crippen LogP contribution in [0.5, 0.6) is 5.75 Å². The van der Waals surface area contributed by atoms with Crippen LogP contribution in [0.3, 0.4) is 0 Å². The monoisotopic (exact) mass is 218 g/mol. The van der Waals surface area contributed by atoms with Crippen LogP contribution in [-0.4, -0.2) is 11.8 Å². The highest BCUT2D eigenvalue weighted by Gasteiger charge is 2.10. The highest BCUT2D eigenvalue weighted by molar-refractivity contribution is 5.65. The summed E-state index contributed by atoms with van der Waals surface area (Å²) in [4.78, 5) is 0. The van der Waals surface area contributed by atoms with Crippen LogP contribution in [0.4, 0.5) is 0 Å². The molecule has 2 N–H and O–H groups in total. The van der Waals surface area contributed by atoms with Crippen LogP contribution in [-0.2, 0) is 6.54 Å². The lowest BCUT2D eigenvalue weighted by Gasteiger charge is -2.06. The summed E-state index contributed by atoms with van der Waals surface area (Å²) < 4.78 is 10.7. The second-order valence-corrected chi connectivity index (χ2v) is 3.32. The smallest absolute Gasteiger partial charge is 0.170 e. The van der Waals surface area contributed by atoms with E-state index in [0.717, 1.165) is 17.0 Å². The number of hydrogen-bond acceptors (Lipinski definition) is 4. The summed E-state index contributed by atoms with van der Waals surface area (Å²) in [6, 6.07) is 9.53. The lowest BCUT2D eigenvalue weighted by molar-refractivity contribution is 0.339. The number of ether oxygens (including phenoxy) is 1. The fraction of sp³-hybridized carbons (Fsp3) is 0.250. The molecule has 0 saturated heterocycles. The van der Waals surface area contributed by atoms with Crippen molar-refractivity contribution in [3.63, 3.8) is 0 Å². The third kappa shape index (κ3) is 2.06. The van der Waals surface area contributed by atoms with E-state index in [1.165, 1.54) is 0 Å². The van der Waals surface area contributed by atoms with Gasteiger partial charge >= 0.3 is 0 Å². The maximum absolute atomic E-state index is 5.52. The van der Waals surface area contributed by atoms with Crippen molar-refractivity contribution in [2.45, 2.75) is 13.5 Å². The topological polar surface area (TPSA) is 61.3 Å². The number of hydrogen-bond donors (Lipinski definition) is 1. The number of para-hydroxylation sites is 1. The Balaban J connectivity index is 2.38. The molecule has 0 unspecified atom stereocenters. The van der Waals surface area contributed by atoms with Gasteiger partial charge in [-0.2, -0.15) is 0 Å². The number of nitrogens with zero attached hydrogens (tertiary/aromatic N) is 1. The molecule has 1 aromatic carbocycles. The molecule has 16 heavy (non-hydrogen) atoms. The van der Waals surface area contributed by atoms with Crippen molar-refractivity contribution in [1.29, 1.82) is 0 Å². The molecule has 0 aliphatic heterocycles. The van der Waals surface area contributed by atoms with Gasteiger partial charge in [-0.25, -0.2) is 0 Å². The van der Waals surface area contributed by atoms with Gasteiger partial charge in [-0.15, -0.1) is 0 Å². The van der Waals surface area contributed by atoms with E-state index in [2.05, 4.69) is 5.16 Å². The van der Waals surface area contributed by atoms with Crippen molar-refractivity contribution in [1.82, 2.24) is 5.16 Å². The van der Waals surface area contributed by atoms with Gasteiger partial charge in [-0.3, -0.25) is 0 Å². The standard InChI is InChI=1S/C12H14N2O2/c1-2-15-11-6-4-3-5-10(11)12-7-9(8-13)14-16-12/h3-7H,2,8,13H2,1H3. The van der Waals surface area contributed by atoms with Crippen molar-refractivity contribution < 1.29 is 9.26 Å². The molecule has 0 saturated carbocycles. The fourth-order valence-corrected chi connectivity index (χ4v) is 1.49. The van der Waals surface area contributed by atoms with Crippen LogP contribution in [0, 0.1) is 0 Å². The molecular weight excluding hydrogens is 204 g/mol. The summed E-state index contributed by atoms with van der Waals surface area (Å²) in [6.45, 7) is 2.94. The van der Waals surface area contributed by atoms with Crippen molar-refractivity contribution in [3.05, 3.63) is 36.0 Å². The zero-order valence-electron chi connectivity index (χ0n) is 9.14. The van der Waals surface area contributed by atoms with Crippen LogP contribution >= 0.6 is 0 Å². The third-order valence-electron chi connectivity index (χ3n) is 2.22. The Kier molecular flexibility index (Phi) is 3.22. The minimum Gasteiger partial charge on any atom is -0.493 e. The Hall–Kier alpha value is -1.81. The van der Waals surface area contributed by atoms with Crippen molar-refractivity contribution in [2.75, 3.05) is 6.61 Å². The van der Waals surface area contributed by atoms with E-state index < -0.39 is 0 Å². The minimum atomic E-state index is 0.375. The van der Waals surface area contributed by atoms with E-state index in [0.29, 0.717) is 18.9 Å². The summed E-state index contributed by atoms with van der Waals surface area (Å²) >= 11 is 0. The maximum atomic E-state index is 5.52. The summed E-state index contributed by atoms with van der Waals surface area (Å²) in [5.74, 6) is 1.48. The normalized spacial score (nSPS) is 10.4. The summed E-state index contributed by atoms with van der Waals surface area (Å²) in [5, 5.41) is 3.86. The van der Waals surface area contributed by atoms with Crippen LogP contribution in [0.1, 0.15) is 12.6 Å². The van der Waals surface area contributed by atoms with E-state index in [9.17, 15) is 0 Å². The first-order chi connectivity index (χ1) is 7.85. The van der Waals surface area contributed by atoms with E-state index >= 15 is 0 Å². The Morgan fingerprint density at radius 1 is 1.38 bits per heavy atom. The Labute approximate surface area is 94.0 Å². The lowest BCUT2D eigenvalue weighted by Crippen LogP contribution is -1.95. The molecular formula is C12H14N2O2. The number of aromatic nitrogens is 1. The SMILES string of the molecule is CCOc1ccccc1-c1cc(CN)no1. The predicted octanol–water partition coefficient (Wildman–Crippen LogP) is 2.20. The van der Waals surface area contributed by atoms with Crippen molar-refractivity contribution in [2.24, 2.45) is 5.73 Å². The first-order valence-electron chi connectivity index (χ1n) is 5.23. The first kappa shape index (κ1) is 10.7. The molecule has 0 amide bonds. The molecule has 0 bridgehead atoms. The zero-order chi connectivity index (χ0) is 11.4. The van der Waals surface area contributed by atoms with Crippen molar-refractivity contribution >= 4 is 0 Å². The quantitative estimate of drug-likeness (QED) is 0.854. The summed E-state index contributed by atoms with van der Waals surface area (Å²) in [6.07, 6.45) is 0. The molecule has 1 heterocycles. The van der Waals surface area contributed by atoms with Crippen LogP contribution in [0.25, 0.3) is 11.3 Å². The van der Waals surface area contributed by atoms with Crippen LogP contribution in [0.15, 0.2) is 34.9 Å². The van der Waals surface area contributed by atoms with Gasteiger partial charge in [0.25, 0.3) is 0 Å². The predicted molar refractivity (Wildman–Crippen MR) is 61.0 cm³/mol. The molecule has 0 fully saturated rings. The van der Waals surface area contributed by atoms with Gasteiger partial charge in [-0.05, 0) is 19.1 Å². The van der Waals surface area contributed by atoms with Crippen molar-refractivity contribution in [3.8, 4) is 17.1 Å². The Bertz CT molecular complexity index is 466. The van der Waals surface area contributed by atoms with Crippen LogP contribution < -0.4 is 10.5 Å². The fourth-order valence-electron chi connectivity index (χ4n) is 1.49. The van der Waals surface area contributed by atoms with Gasteiger partial charge in [0.1, 0.15) is 5.75 Å². The molecule has 2 rings (SSSR count). The number of benzene rings is 1. The van der Waals surface area contributed by atoms with Gasteiger partial charge in [0.2, 0.25) is 0 Å². The number of nitrogens with two attached hydrogens (primary N) is 1. The molecule has 84 valence electrons. The van der Waals surface area contributed by atoms with Gasteiger partial charge in [0, 0.05) is 12.6 Å². The number of rotatable bonds is 4. The zero-order valence-corrected chi connectivity index (χ0v) is 9.14. The molecule has 4 nitrogen and oxygen atoms in total. The largest absolute Gasteiger partial charge is 0.493 e. The molecule has 0 aliphatic carbocycles. The van der Waals surface area contributed by atoms with Gasteiger partial charge in [-0.1, -0.05) is 17.3 Å². The van der Waals surface area contributed by atoms with Gasteiger partial charge in [0.05, 0.1) is 17.9 Å². The Morgan fingerprint density at radius 3 is 2.88 bits per heavy atom. The van der Waals surface area contributed by atoms with E-state index in [1.54, 1.807) is 0 Å².